The standard InChI is InChI=1S/C32H38O3Si/c1-31(2,3)36(27-17-9-5-10-18-27,28-19-11-6-12-20-28)34-25-30-29(23-32(35-30)21-13-14-22-32)33-24-26-15-7-4-8-16-26/h4-13,15-21,29-30H,14,22-25H2,1-3H3/t29-,30-,32-/m1/s1. The van der Waals surface area contributed by atoms with Gasteiger partial charge < -0.3 is 13.9 Å². The molecule has 3 aromatic rings. The maximum absolute atomic E-state index is 7.25. The first-order chi connectivity index (χ1) is 17.4. The minimum Gasteiger partial charge on any atom is -0.405 e. The Kier molecular flexibility index (Phi) is 7.32. The van der Waals surface area contributed by atoms with Crippen LogP contribution in [0.3, 0.4) is 0 Å². The molecule has 0 radical (unpaired) electrons. The predicted octanol–water partition coefficient (Wildman–Crippen LogP) is 6.03. The quantitative estimate of drug-likeness (QED) is 0.281. The van der Waals surface area contributed by atoms with Crippen molar-refractivity contribution in [1.29, 1.82) is 0 Å². The van der Waals surface area contributed by atoms with E-state index in [4.69, 9.17) is 13.9 Å². The van der Waals surface area contributed by atoms with Crippen LogP contribution in [0.5, 0.6) is 0 Å². The first kappa shape index (κ1) is 25.2. The Hall–Kier alpha value is -2.50. The minimum absolute atomic E-state index is 0.00817. The molecule has 1 aliphatic carbocycles. The zero-order valence-corrected chi connectivity index (χ0v) is 22.7. The molecule has 0 N–H and O–H groups in total. The van der Waals surface area contributed by atoms with Crippen molar-refractivity contribution in [3.63, 3.8) is 0 Å². The third-order valence-corrected chi connectivity index (χ3v) is 12.7. The maximum atomic E-state index is 7.25. The molecule has 0 amide bonds. The first-order valence-corrected chi connectivity index (χ1v) is 15.1. The Labute approximate surface area is 217 Å². The lowest BCUT2D eigenvalue weighted by Crippen LogP contribution is -2.67. The molecule has 3 aromatic carbocycles. The van der Waals surface area contributed by atoms with Gasteiger partial charge in [0.25, 0.3) is 8.32 Å². The fraction of sp³-hybridized carbons (Fsp3) is 0.375. The molecule has 3 nitrogen and oxygen atoms in total. The molecule has 188 valence electrons. The molecule has 0 saturated carbocycles. The van der Waals surface area contributed by atoms with Crippen LogP contribution in [0, 0.1) is 0 Å². The molecule has 2 aliphatic rings. The summed E-state index contributed by atoms with van der Waals surface area (Å²) in [4.78, 5) is 0. The van der Waals surface area contributed by atoms with Crippen molar-refractivity contribution in [2.24, 2.45) is 0 Å². The lowest BCUT2D eigenvalue weighted by molar-refractivity contribution is -0.0657. The van der Waals surface area contributed by atoms with E-state index < -0.39 is 8.32 Å². The van der Waals surface area contributed by atoms with E-state index in [1.807, 2.05) is 6.07 Å². The van der Waals surface area contributed by atoms with Gasteiger partial charge in [0.15, 0.2) is 0 Å². The molecule has 5 rings (SSSR count). The number of rotatable bonds is 8. The molecule has 1 heterocycles. The van der Waals surface area contributed by atoms with Crippen LogP contribution in [0.4, 0.5) is 0 Å². The zero-order chi connectivity index (χ0) is 25.1. The van der Waals surface area contributed by atoms with E-state index >= 15 is 0 Å². The van der Waals surface area contributed by atoms with Crippen molar-refractivity contribution in [1.82, 2.24) is 0 Å². The van der Waals surface area contributed by atoms with Crippen molar-refractivity contribution in [3.05, 3.63) is 109 Å². The van der Waals surface area contributed by atoms with Gasteiger partial charge in [0.05, 0.1) is 24.9 Å². The Morgan fingerprint density at radius 3 is 1.97 bits per heavy atom. The summed E-state index contributed by atoms with van der Waals surface area (Å²) in [6, 6.07) is 32.1. The summed E-state index contributed by atoms with van der Waals surface area (Å²) in [5.41, 5.74) is 0.966. The van der Waals surface area contributed by atoms with E-state index in [1.54, 1.807) is 0 Å². The van der Waals surface area contributed by atoms with Gasteiger partial charge in [0, 0.05) is 6.42 Å². The second kappa shape index (κ2) is 10.5. The van der Waals surface area contributed by atoms with Crippen LogP contribution in [0.2, 0.25) is 5.04 Å². The first-order valence-electron chi connectivity index (χ1n) is 13.2. The highest BCUT2D eigenvalue weighted by atomic mass is 28.4. The summed E-state index contributed by atoms with van der Waals surface area (Å²) in [6.45, 7) is 8.06. The van der Waals surface area contributed by atoms with Crippen LogP contribution >= 0.6 is 0 Å². The van der Waals surface area contributed by atoms with Crippen molar-refractivity contribution in [3.8, 4) is 0 Å². The van der Waals surface area contributed by atoms with Crippen molar-refractivity contribution in [2.45, 2.75) is 69.5 Å². The van der Waals surface area contributed by atoms with E-state index in [1.165, 1.54) is 15.9 Å². The van der Waals surface area contributed by atoms with Crippen molar-refractivity contribution < 1.29 is 13.9 Å². The summed E-state index contributed by atoms with van der Waals surface area (Å²) in [5.74, 6) is 0. The monoisotopic (exact) mass is 498 g/mol. The highest BCUT2D eigenvalue weighted by Crippen LogP contribution is 2.42. The molecule has 0 unspecified atom stereocenters. The summed E-state index contributed by atoms with van der Waals surface area (Å²) < 4.78 is 20.5. The third-order valence-electron chi connectivity index (χ3n) is 7.69. The molecule has 4 heteroatoms. The lowest BCUT2D eigenvalue weighted by Gasteiger charge is -2.43. The number of benzene rings is 3. The molecular formula is C32H38O3Si. The van der Waals surface area contributed by atoms with Crippen LogP contribution in [0.1, 0.15) is 45.6 Å². The molecule has 1 aliphatic heterocycles. The topological polar surface area (TPSA) is 27.7 Å². The van der Waals surface area contributed by atoms with E-state index in [0.717, 1.165) is 19.3 Å². The van der Waals surface area contributed by atoms with E-state index in [-0.39, 0.29) is 22.8 Å². The van der Waals surface area contributed by atoms with Gasteiger partial charge >= 0.3 is 0 Å². The molecule has 1 fully saturated rings. The Morgan fingerprint density at radius 2 is 1.44 bits per heavy atom. The average molecular weight is 499 g/mol. The fourth-order valence-corrected chi connectivity index (χ4v) is 10.5. The van der Waals surface area contributed by atoms with Gasteiger partial charge in [0.1, 0.15) is 6.10 Å². The smallest absolute Gasteiger partial charge is 0.261 e. The number of hydrogen-bond acceptors (Lipinski definition) is 3. The Morgan fingerprint density at radius 1 is 0.861 bits per heavy atom. The molecule has 0 bridgehead atoms. The van der Waals surface area contributed by atoms with E-state index in [9.17, 15) is 0 Å². The Balaban J connectivity index is 1.44. The number of allylic oxidation sites excluding steroid dienone is 1. The van der Waals surface area contributed by atoms with Gasteiger partial charge in [0.2, 0.25) is 0 Å². The molecule has 1 spiro atoms. The van der Waals surface area contributed by atoms with Gasteiger partial charge in [-0.1, -0.05) is 124 Å². The van der Waals surface area contributed by atoms with Gasteiger partial charge in [-0.25, -0.2) is 0 Å². The van der Waals surface area contributed by atoms with Gasteiger partial charge in [-0.15, -0.1) is 0 Å². The number of ether oxygens (including phenoxy) is 2. The van der Waals surface area contributed by atoms with Crippen LogP contribution in [0.25, 0.3) is 0 Å². The second-order valence-electron chi connectivity index (χ2n) is 11.2. The molecule has 0 aromatic heterocycles. The summed E-state index contributed by atoms with van der Waals surface area (Å²) in [7, 11) is -2.64. The molecular weight excluding hydrogens is 460 g/mol. The fourth-order valence-electron chi connectivity index (χ4n) is 5.93. The predicted molar refractivity (Wildman–Crippen MR) is 149 cm³/mol. The normalized spacial score (nSPS) is 24.0. The summed E-state index contributed by atoms with van der Waals surface area (Å²) in [6.07, 6.45) is 7.35. The highest BCUT2D eigenvalue weighted by molar-refractivity contribution is 6.99. The van der Waals surface area contributed by atoms with Crippen LogP contribution in [0.15, 0.2) is 103 Å². The molecule has 36 heavy (non-hydrogen) atoms. The van der Waals surface area contributed by atoms with Gasteiger partial charge in [-0.3, -0.25) is 0 Å². The van der Waals surface area contributed by atoms with Gasteiger partial charge in [-0.05, 0) is 33.8 Å². The van der Waals surface area contributed by atoms with Crippen LogP contribution < -0.4 is 10.4 Å². The zero-order valence-electron chi connectivity index (χ0n) is 21.7. The van der Waals surface area contributed by atoms with Crippen molar-refractivity contribution >= 4 is 18.7 Å². The largest absolute Gasteiger partial charge is 0.405 e. The lowest BCUT2D eigenvalue weighted by atomic mass is 9.97. The van der Waals surface area contributed by atoms with E-state index in [0.29, 0.717) is 13.2 Å². The highest BCUT2D eigenvalue weighted by Gasteiger charge is 2.52. The van der Waals surface area contributed by atoms with Crippen LogP contribution in [-0.2, 0) is 20.5 Å². The molecule has 1 saturated heterocycles. The van der Waals surface area contributed by atoms with E-state index in [2.05, 4.69) is 118 Å². The maximum Gasteiger partial charge on any atom is 0.261 e. The second-order valence-corrected chi connectivity index (χ2v) is 15.5. The Bertz CT molecular complexity index is 1100. The average Bonchev–Trinajstić information content (AvgIpc) is 3.50. The summed E-state index contributed by atoms with van der Waals surface area (Å²) >= 11 is 0. The van der Waals surface area contributed by atoms with Crippen molar-refractivity contribution in [2.75, 3.05) is 6.61 Å². The molecule has 3 atom stereocenters. The SMILES string of the molecule is CC(C)(C)[Si](OC[C@H]1O[C@@]2(C=CCC2)C[C@H]1OCc1ccccc1)(c1ccccc1)c1ccccc1. The van der Waals surface area contributed by atoms with Crippen LogP contribution in [-0.4, -0.2) is 32.7 Å². The third kappa shape index (κ3) is 5.01. The number of hydrogen-bond donors (Lipinski definition) is 0. The minimum atomic E-state index is -2.64. The summed E-state index contributed by atoms with van der Waals surface area (Å²) in [5, 5.41) is 2.51. The van der Waals surface area contributed by atoms with Gasteiger partial charge in [-0.2, -0.15) is 0 Å².